The van der Waals surface area contributed by atoms with Crippen molar-refractivity contribution in [2.45, 2.75) is 6.61 Å². The number of ether oxygens (including phenoxy) is 1. The van der Waals surface area contributed by atoms with Gasteiger partial charge in [-0.05, 0) is 53.7 Å². The Morgan fingerprint density at radius 1 is 0.933 bits per heavy atom. The van der Waals surface area contributed by atoms with Gasteiger partial charge in [-0.25, -0.2) is 4.90 Å². The second-order valence-electron chi connectivity index (χ2n) is 6.48. The van der Waals surface area contributed by atoms with Gasteiger partial charge in [0.1, 0.15) is 12.4 Å². The second-order valence-corrected chi connectivity index (χ2v) is 7.47. The van der Waals surface area contributed by atoms with Crippen molar-refractivity contribution in [3.8, 4) is 11.8 Å². The lowest BCUT2D eigenvalue weighted by Gasteiger charge is -2.11. The van der Waals surface area contributed by atoms with Crippen LogP contribution in [0.4, 0.5) is 10.5 Å². The second kappa shape index (κ2) is 8.68. The number of rotatable bonds is 5. The van der Waals surface area contributed by atoms with Gasteiger partial charge in [0.15, 0.2) is 0 Å². The van der Waals surface area contributed by atoms with Crippen molar-refractivity contribution < 1.29 is 14.3 Å². The number of amides is 2. The van der Waals surface area contributed by atoms with Crippen LogP contribution in [0, 0.1) is 11.3 Å². The maximum Gasteiger partial charge on any atom is 0.298 e. The number of imide groups is 1. The molecule has 30 heavy (non-hydrogen) atoms. The van der Waals surface area contributed by atoms with Gasteiger partial charge in [0.25, 0.3) is 11.1 Å². The highest BCUT2D eigenvalue weighted by molar-refractivity contribution is 8.19. The number of benzene rings is 3. The summed E-state index contributed by atoms with van der Waals surface area (Å²) >= 11 is 0.924. The molecule has 1 saturated heterocycles. The fraction of sp³-hybridized carbons (Fsp3) is 0.0417. The van der Waals surface area contributed by atoms with E-state index in [1.54, 1.807) is 48.5 Å². The van der Waals surface area contributed by atoms with Crippen LogP contribution in [0.3, 0.4) is 0 Å². The molecule has 5 nitrogen and oxygen atoms in total. The van der Waals surface area contributed by atoms with Gasteiger partial charge >= 0.3 is 0 Å². The summed E-state index contributed by atoms with van der Waals surface area (Å²) in [5.74, 6) is 0.321. The van der Waals surface area contributed by atoms with E-state index in [1.165, 1.54) is 4.90 Å². The predicted molar refractivity (Wildman–Crippen MR) is 117 cm³/mol. The summed E-state index contributed by atoms with van der Waals surface area (Å²) in [6.45, 7) is 0.291. The smallest absolute Gasteiger partial charge is 0.298 e. The van der Waals surface area contributed by atoms with Crippen molar-refractivity contribution in [3.63, 3.8) is 0 Å². The molecule has 0 unspecified atom stereocenters. The number of carbonyl (C=O) groups is 2. The number of hydrogen-bond donors (Lipinski definition) is 0. The molecule has 1 fully saturated rings. The summed E-state index contributed by atoms with van der Waals surface area (Å²) in [6, 6.07) is 25.5. The van der Waals surface area contributed by atoms with E-state index in [0.29, 0.717) is 28.5 Å². The summed E-state index contributed by atoms with van der Waals surface area (Å²) in [4.78, 5) is 26.5. The number of hydrogen-bond acceptors (Lipinski definition) is 5. The summed E-state index contributed by atoms with van der Waals surface area (Å²) < 4.78 is 5.77. The van der Waals surface area contributed by atoms with Crippen LogP contribution in [-0.2, 0) is 11.4 Å². The Bertz CT molecular complexity index is 1170. The number of nitrogens with zero attached hydrogens (tertiary/aromatic N) is 2. The lowest BCUT2D eigenvalue weighted by Crippen LogP contribution is -2.27. The van der Waals surface area contributed by atoms with Crippen LogP contribution in [0.5, 0.6) is 5.75 Å². The highest BCUT2D eigenvalue weighted by Gasteiger charge is 2.36. The van der Waals surface area contributed by atoms with Crippen molar-refractivity contribution in [1.82, 2.24) is 0 Å². The Kier molecular flexibility index (Phi) is 5.64. The van der Waals surface area contributed by atoms with Crippen molar-refractivity contribution in [2.24, 2.45) is 0 Å². The fourth-order valence-corrected chi connectivity index (χ4v) is 3.84. The number of para-hydroxylation sites is 1. The van der Waals surface area contributed by atoms with E-state index in [9.17, 15) is 9.59 Å². The van der Waals surface area contributed by atoms with Crippen molar-refractivity contribution in [2.75, 3.05) is 4.90 Å². The van der Waals surface area contributed by atoms with Crippen LogP contribution in [0.1, 0.15) is 16.7 Å². The van der Waals surface area contributed by atoms with Crippen molar-refractivity contribution >= 4 is 34.7 Å². The van der Waals surface area contributed by atoms with Gasteiger partial charge in [-0.15, -0.1) is 0 Å². The van der Waals surface area contributed by atoms with Gasteiger partial charge < -0.3 is 4.74 Å². The maximum atomic E-state index is 12.7. The molecule has 3 aromatic carbocycles. The Labute approximate surface area is 178 Å². The highest BCUT2D eigenvalue weighted by atomic mass is 32.2. The van der Waals surface area contributed by atoms with E-state index in [0.717, 1.165) is 22.9 Å². The van der Waals surface area contributed by atoms with E-state index < -0.39 is 0 Å². The monoisotopic (exact) mass is 412 g/mol. The molecule has 0 saturated carbocycles. The number of thioether (sulfide) groups is 1. The van der Waals surface area contributed by atoms with Crippen molar-refractivity contribution in [1.29, 1.82) is 5.26 Å². The summed E-state index contributed by atoms with van der Waals surface area (Å²) in [7, 11) is 0. The van der Waals surface area contributed by atoms with Crippen LogP contribution in [-0.4, -0.2) is 11.1 Å². The van der Waals surface area contributed by atoms with Gasteiger partial charge in [0.05, 0.1) is 22.2 Å². The largest absolute Gasteiger partial charge is 0.489 e. The first kappa shape index (κ1) is 19.5. The molecular formula is C24H16N2O3S. The molecule has 2 amide bonds. The minimum absolute atomic E-state index is 0.291. The van der Waals surface area contributed by atoms with Gasteiger partial charge in [0, 0.05) is 5.56 Å². The van der Waals surface area contributed by atoms with Crippen LogP contribution in [0.25, 0.3) is 6.08 Å². The van der Waals surface area contributed by atoms with E-state index in [1.807, 2.05) is 36.4 Å². The first-order valence-electron chi connectivity index (χ1n) is 9.19. The van der Waals surface area contributed by atoms with Gasteiger partial charge in [-0.1, -0.05) is 48.5 Å². The molecule has 6 heteroatoms. The first-order valence-corrected chi connectivity index (χ1v) is 10.0. The van der Waals surface area contributed by atoms with Crippen LogP contribution >= 0.6 is 11.8 Å². The van der Waals surface area contributed by atoms with Crippen molar-refractivity contribution in [3.05, 3.63) is 100 Å². The minimum Gasteiger partial charge on any atom is -0.489 e. The third kappa shape index (κ3) is 4.12. The molecule has 1 heterocycles. The molecule has 0 N–H and O–H groups in total. The number of carbonyl (C=O) groups excluding carboxylic acids is 2. The first-order chi connectivity index (χ1) is 14.7. The third-order valence-electron chi connectivity index (χ3n) is 4.52. The molecule has 0 aliphatic carbocycles. The molecule has 146 valence electrons. The predicted octanol–water partition coefficient (Wildman–Crippen LogP) is 5.38. The minimum atomic E-state index is -0.329. The molecular weight excluding hydrogens is 396 g/mol. The standard InChI is InChI=1S/C24H16N2O3S/c25-15-18-6-4-5-7-19(18)16-29-21-12-10-17(11-13-21)14-22-23(27)26(24(28)30-22)20-8-2-1-3-9-20/h1-14H,16H2. The molecule has 3 aromatic rings. The number of nitriles is 1. The lowest BCUT2D eigenvalue weighted by atomic mass is 10.1. The summed E-state index contributed by atoms with van der Waals surface area (Å²) in [5.41, 5.74) is 2.75. The maximum absolute atomic E-state index is 12.7. The Morgan fingerprint density at radius 2 is 1.63 bits per heavy atom. The zero-order valence-corrected chi connectivity index (χ0v) is 16.6. The molecule has 0 bridgehead atoms. The van der Waals surface area contributed by atoms with Crippen LogP contribution in [0.15, 0.2) is 83.8 Å². The van der Waals surface area contributed by atoms with E-state index in [-0.39, 0.29) is 11.1 Å². The normalized spacial score (nSPS) is 14.8. The molecule has 1 aliphatic rings. The molecule has 0 aromatic heterocycles. The molecule has 1 aliphatic heterocycles. The SMILES string of the molecule is N#Cc1ccccc1COc1ccc(C=C2SC(=O)N(c3ccccc3)C2=O)cc1. The Balaban J connectivity index is 1.46. The topological polar surface area (TPSA) is 70.4 Å². The van der Waals surface area contributed by atoms with Crippen LogP contribution in [0.2, 0.25) is 0 Å². The fourth-order valence-electron chi connectivity index (χ4n) is 3.00. The molecule has 4 rings (SSSR count). The molecule has 0 radical (unpaired) electrons. The number of anilines is 1. The molecule has 0 spiro atoms. The Hall–Kier alpha value is -3.82. The third-order valence-corrected chi connectivity index (χ3v) is 5.39. The van der Waals surface area contributed by atoms with E-state index in [2.05, 4.69) is 6.07 Å². The average molecular weight is 412 g/mol. The van der Waals surface area contributed by atoms with E-state index >= 15 is 0 Å². The van der Waals surface area contributed by atoms with Gasteiger partial charge in [0.2, 0.25) is 0 Å². The van der Waals surface area contributed by atoms with E-state index in [4.69, 9.17) is 10.00 Å². The molecule has 0 atom stereocenters. The summed E-state index contributed by atoms with van der Waals surface area (Å²) in [5, 5.41) is 8.84. The zero-order chi connectivity index (χ0) is 20.9. The van der Waals surface area contributed by atoms with Crippen LogP contribution < -0.4 is 9.64 Å². The van der Waals surface area contributed by atoms with Gasteiger partial charge in [-0.3, -0.25) is 9.59 Å². The zero-order valence-electron chi connectivity index (χ0n) is 15.8. The lowest BCUT2D eigenvalue weighted by molar-refractivity contribution is -0.113. The summed E-state index contributed by atoms with van der Waals surface area (Å²) in [6.07, 6.45) is 1.70. The average Bonchev–Trinajstić information content (AvgIpc) is 3.06. The Morgan fingerprint density at radius 3 is 2.37 bits per heavy atom. The van der Waals surface area contributed by atoms with Gasteiger partial charge in [-0.2, -0.15) is 5.26 Å². The highest BCUT2D eigenvalue weighted by Crippen LogP contribution is 2.35. The quantitative estimate of drug-likeness (QED) is 0.526.